The van der Waals surface area contributed by atoms with E-state index in [1.165, 1.54) is 77.5 Å². The molecule has 2 nitrogen and oxygen atoms in total. The van der Waals surface area contributed by atoms with Gasteiger partial charge in [0.2, 0.25) is 0 Å². The molecule has 0 aliphatic heterocycles. The molecule has 0 radical (unpaired) electrons. The number of thioether (sulfide) groups is 1. The van der Waals surface area contributed by atoms with Crippen molar-refractivity contribution < 1.29 is 9.84 Å². The van der Waals surface area contributed by atoms with Gasteiger partial charge < -0.3 is 9.84 Å². The van der Waals surface area contributed by atoms with Crippen LogP contribution in [0.3, 0.4) is 0 Å². The maximum atomic E-state index is 11.2. The van der Waals surface area contributed by atoms with Crippen LogP contribution in [0, 0.1) is 0 Å². The van der Waals surface area contributed by atoms with Gasteiger partial charge in [0.1, 0.15) is 11.5 Å². The molecule has 162 valence electrons. The second-order valence-electron chi connectivity index (χ2n) is 9.11. The Kier molecular flexibility index (Phi) is 5.64. The van der Waals surface area contributed by atoms with E-state index in [4.69, 9.17) is 4.74 Å². The summed E-state index contributed by atoms with van der Waals surface area (Å²) in [7, 11) is 1.72. The highest BCUT2D eigenvalue weighted by atomic mass is 32.2. The minimum Gasteiger partial charge on any atom is -0.507 e. The van der Waals surface area contributed by atoms with Crippen molar-refractivity contribution in [2.45, 2.75) is 68.6 Å². The first kappa shape index (κ1) is 20.8. The van der Waals surface area contributed by atoms with Crippen molar-refractivity contribution in [1.29, 1.82) is 0 Å². The standard InChI is InChI=1S/C28H32O2S/c1-3-15-31-26-17-21-20(16-25(26)30-2)24(29)18-23-27(21)19-11-7-8-12-22(19)28(23)13-9-5-4-6-10-14-28/h7-8,11-12,16-18,29H,3-6,9-10,13-15H2,1-2H3. The van der Waals surface area contributed by atoms with E-state index in [1.54, 1.807) is 7.11 Å². The summed E-state index contributed by atoms with van der Waals surface area (Å²) in [5.41, 5.74) is 5.55. The minimum absolute atomic E-state index is 0.0364. The number of benzene rings is 3. The van der Waals surface area contributed by atoms with Crippen LogP contribution in [0.25, 0.3) is 21.9 Å². The molecule has 1 N–H and O–H groups in total. The fraction of sp³-hybridized carbons (Fsp3) is 0.429. The quantitative estimate of drug-likeness (QED) is 0.423. The molecular weight excluding hydrogens is 400 g/mol. The Morgan fingerprint density at radius 3 is 2.42 bits per heavy atom. The number of aromatic hydroxyl groups is 1. The number of phenolic OH excluding ortho intramolecular Hbond substituents is 1. The van der Waals surface area contributed by atoms with Gasteiger partial charge in [-0.25, -0.2) is 0 Å². The molecule has 31 heavy (non-hydrogen) atoms. The van der Waals surface area contributed by atoms with Crippen molar-refractivity contribution in [1.82, 2.24) is 0 Å². The Bertz CT molecular complexity index is 1110. The molecule has 0 heterocycles. The predicted molar refractivity (Wildman–Crippen MR) is 132 cm³/mol. The monoisotopic (exact) mass is 432 g/mol. The number of rotatable bonds is 4. The first-order chi connectivity index (χ1) is 15.2. The van der Waals surface area contributed by atoms with Gasteiger partial charge in [-0.1, -0.05) is 63.3 Å². The summed E-state index contributed by atoms with van der Waals surface area (Å²) in [5.74, 6) is 2.30. The fourth-order valence-electron chi connectivity index (χ4n) is 5.87. The molecule has 1 spiro atoms. The van der Waals surface area contributed by atoms with Crippen molar-refractivity contribution >= 4 is 22.5 Å². The van der Waals surface area contributed by atoms with Crippen LogP contribution in [0.5, 0.6) is 11.5 Å². The van der Waals surface area contributed by atoms with Gasteiger partial charge in [0.05, 0.1) is 12.0 Å². The normalized spacial score (nSPS) is 17.2. The van der Waals surface area contributed by atoms with Crippen LogP contribution in [0.1, 0.15) is 69.4 Å². The number of hydrogen-bond donors (Lipinski definition) is 1. The van der Waals surface area contributed by atoms with E-state index in [0.717, 1.165) is 23.3 Å². The molecule has 3 aromatic carbocycles. The molecule has 1 saturated carbocycles. The molecule has 0 atom stereocenters. The fourth-order valence-corrected chi connectivity index (χ4v) is 6.78. The number of hydrogen-bond acceptors (Lipinski definition) is 3. The van der Waals surface area contributed by atoms with E-state index >= 15 is 0 Å². The highest BCUT2D eigenvalue weighted by Crippen LogP contribution is 2.58. The van der Waals surface area contributed by atoms with E-state index < -0.39 is 0 Å². The maximum absolute atomic E-state index is 11.2. The second-order valence-corrected chi connectivity index (χ2v) is 10.2. The molecule has 3 heteroatoms. The molecule has 0 aromatic heterocycles. The smallest absolute Gasteiger partial charge is 0.133 e. The molecule has 1 fully saturated rings. The van der Waals surface area contributed by atoms with Crippen LogP contribution < -0.4 is 4.74 Å². The van der Waals surface area contributed by atoms with E-state index in [1.807, 2.05) is 17.8 Å². The van der Waals surface area contributed by atoms with Gasteiger partial charge in [-0.3, -0.25) is 0 Å². The summed E-state index contributed by atoms with van der Waals surface area (Å²) >= 11 is 1.85. The molecule has 3 aromatic rings. The van der Waals surface area contributed by atoms with Gasteiger partial charge in [-0.15, -0.1) is 11.8 Å². The lowest BCUT2D eigenvalue weighted by Gasteiger charge is -2.34. The van der Waals surface area contributed by atoms with E-state index in [2.05, 4.69) is 43.3 Å². The topological polar surface area (TPSA) is 29.5 Å². The average molecular weight is 433 g/mol. The summed E-state index contributed by atoms with van der Waals surface area (Å²) in [6.07, 6.45) is 9.97. The van der Waals surface area contributed by atoms with Gasteiger partial charge in [0, 0.05) is 10.8 Å². The summed E-state index contributed by atoms with van der Waals surface area (Å²) in [6, 6.07) is 15.4. The van der Waals surface area contributed by atoms with Crippen LogP contribution in [-0.2, 0) is 5.41 Å². The lowest BCUT2D eigenvalue weighted by Crippen LogP contribution is -2.26. The number of phenols is 1. The molecule has 0 saturated heterocycles. The second kappa shape index (κ2) is 8.43. The molecule has 5 rings (SSSR count). The molecule has 0 unspecified atom stereocenters. The summed E-state index contributed by atoms with van der Waals surface area (Å²) in [5, 5.41) is 13.2. The summed E-state index contributed by atoms with van der Waals surface area (Å²) < 4.78 is 5.70. The Labute approximate surface area is 190 Å². The first-order valence-corrected chi connectivity index (χ1v) is 12.8. The Hall–Kier alpha value is -2.13. The highest BCUT2D eigenvalue weighted by molar-refractivity contribution is 7.99. The van der Waals surface area contributed by atoms with Crippen molar-refractivity contribution in [2.24, 2.45) is 0 Å². The highest BCUT2D eigenvalue weighted by Gasteiger charge is 2.43. The van der Waals surface area contributed by atoms with Crippen LogP contribution in [0.2, 0.25) is 0 Å². The third-order valence-electron chi connectivity index (χ3n) is 7.30. The Morgan fingerprint density at radius 1 is 0.935 bits per heavy atom. The Balaban J connectivity index is 1.80. The first-order valence-electron chi connectivity index (χ1n) is 11.8. The van der Waals surface area contributed by atoms with Crippen LogP contribution in [0.15, 0.2) is 47.4 Å². The summed E-state index contributed by atoms with van der Waals surface area (Å²) in [6.45, 7) is 2.21. The Morgan fingerprint density at radius 2 is 1.68 bits per heavy atom. The molecule has 2 aliphatic rings. The van der Waals surface area contributed by atoms with Gasteiger partial charge >= 0.3 is 0 Å². The molecule has 0 amide bonds. The van der Waals surface area contributed by atoms with Crippen molar-refractivity contribution in [3.8, 4) is 22.6 Å². The van der Waals surface area contributed by atoms with Crippen LogP contribution in [-0.4, -0.2) is 18.0 Å². The minimum atomic E-state index is 0.0364. The summed E-state index contributed by atoms with van der Waals surface area (Å²) in [4.78, 5) is 1.17. The third-order valence-corrected chi connectivity index (χ3v) is 8.54. The van der Waals surface area contributed by atoms with Gasteiger partial charge in [-0.2, -0.15) is 0 Å². The van der Waals surface area contributed by atoms with E-state index in [0.29, 0.717) is 5.75 Å². The lowest BCUT2D eigenvalue weighted by atomic mass is 9.69. The van der Waals surface area contributed by atoms with Crippen molar-refractivity contribution in [2.75, 3.05) is 12.9 Å². The number of methoxy groups -OCH3 is 1. The number of fused-ring (bicyclic) bond motifs is 7. The SMILES string of the molecule is CCCSc1cc2c3c(cc(O)c2cc1OC)C1(CCCCCCC1)c1ccccc1-3. The zero-order valence-electron chi connectivity index (χ0n) is 18.7. The molecule has 2 aliphatic carbocycles. The maximum Gasteiger partial charge on any atom is 0.133 e. The zero-order chi connectivity index (χ0) is 21.4. The van der Waals surface area contributed by atoms with Crippen LogP contribution >= 0.6 is 11.8 Å². The predicted octanol–water partition coefficient (Wildman–Crippen LogP) is 8.07. The van der Waals surface area contributed by atoms with Crippen molar-refractivity contribution in [3.63, 3.8) is 0 Å². The van der Waals surface area contributed by atoms with Crippen molar-refractivity contribution in [3.05, 3.63) is 53.6 Å². The average Bonchev–Trinajstić information content (AvgIpc) is 3.04. The zero-order valence-corrected chi connectivity index (χ0v) is 19.5. The number of ether oxygens (including phenoxy) is 1. The van der Waals surface area contributed by atoms with E-state index in [9.17, 15) is 5.11 Å². The van der Waals surface area contributed by atoms with Crippen LogP contribution in [0.4, 0.5) is 0 Å². The molecular formula is C28H32O2S. The lowest BCUT2D eigenvalue weighted by molar-refractivity contribution is 0.372. The van der Waals surface area contributed by atoms with Gasteiger partial charge in [0.15, 0.2) is 0 Å². The van der Waals surface area contributed by atoms with Gasteiger partial charge in [-0.05, 0) is 70.9 Å². The van der Waals surface area contributed by atoms with E-state index in [-0.39, 0.29) is 5.41 Å². The largest absolute Gasteiger partial charge is 0.507 e. The van der Waals surface area contributed by atoms with Gasteiger partial charge in [0.25, 0.3) is 0 Å². The molecule has 0 bridgehead atoms. The third kappa shape index (κ3) is 3.33.